The van der Waals surface area contributed by atoms with Crippen molar-refractivity contribution in [3.63, 3.8) is 0 Å². The fourth-order valence-electron chi connectivity index (χ4n) is 3.82. The molecule has 148 valence electrons. The van der Waals surface area contributed by atoms with E-state index in [0.717, 1.165) is 43.6 Å². The summed E-state index contributed by atoms with van der Waals surface area (Å²) in [5, 5.41) is 3.21. The Bertz CT molecular complexity index is 965. The third kappa shape index (κ3) is 4.80. The summed E-state index contributed by atoms with van der Waals surface area (Å²) in [5.74, 6) is 1.06. The number of carbonyl (C=O) groups is 1. The van der Waals surface area contributed by atoms with Crippen LogP contribution in [-0.2, 0) is 6.42 Å². The molecule has 0 spiro atoms. The molecule has 0 saturated carbocycles. The Kier molecular flexibility index (Phi) is 5.84. The predicted molar refractivity (Wildman–Crippen MR) is 115 cm³/mol. The summed E-state index contributed by atoms with van der Waals surface area (Å²) in [6.07, 6.45) is 4.78. The number of para-hydroxylation sites is 1. The van der Waals surface area contributed by atoms with E-state index in [1.165, 1.54) is 5.56 Å². The van der Waals surface area contributed by atoms with Crippen LogP contribution in [0.4, 0.5) is 11.6 Å². The second-order valence-electron chi connectivity index (χ2n) is 7.63. The van der Waals surface area contributed by atoms with Crippen molar-refractivity contribution in [1.29, 1.82) is 0 Å². The first-order valence-electron chi connectivity index (χ1n) is 10.2. The average Bonchev–Trinajstić information content (AvgIpc) is 2.76. The molecule has 0 unspecified atom stereocenters. The normalized spacial score (nSPS) is 14.6. The van der Waals surface area contributed by atoms with Crippen LogP contribution >= 0.6 is 0 Å². The zero-order valence-electron chi connectivity index (χ0n) is 16.7. The lowest BCUT2D eigenvalue weighted by atomic mass is 9.90. The van der Waals surface area contributed by atoms with Crippen LogP contribution in [0.3, 0.4) is 0 Å². The Morgan fingerprint density at radius 3 is 2.52 bits per heavy atom. The van der Waals surface area contributed by atoms with Crippen LogP contribution in [0, 0.1) is 12.8 Å². The maximum Gasteiger partial charge on any atom is 0.272 e. The van der Waals surface area contributed by atoms with E-state index >= 15 is 0 Å². The van der Waals surface area contributed by atoms with E-state index in [-0.39, 0.29) is 5.91 Å². The van der Waals surface area contributed by atoms with E-state index in [2.05, 4.69) is 45.6 Å². The highest BCUT2D eigenvalue weighted by Crippen LogP contribution is 2.23. The van der Waals surface area contributed by atoms with Crippen molar-refractivity contribution in [3.05, 3.63) is 83.7 Å². The Balaban J connectivity index is 1.37. The number of likely N-dealkylation sites (tertiary alicyclic amines) is 1. The molecule has 1 aromatic heterocycles. The third-order valence-corrected chi connectivity index (χ3v) is 5.54. The lowest BCUT2D eigenvalue weighted by molar-refractivity contribution is 0.0684. The van der Waals surface area contributed by atoms with Gasteiger partial charge in [0.25, 0.3) is 5.91 Å². The van der Waals surface area contributed by atoms with Crippen LogP contribution in [0.5, 0.6) is 0 Å². The van der Waals surface area contributed by atoms with E-state index in [9.17, 15) is 4.79 Å². The van der Waals surface area contributed by atoms with E-state index in [0.29, 0.717) is 17.6 Å². The van der Waals surface area contributed by atoms with Gasteiger partial charge in [-0.05, 0) is 55.4 Å². The van der Waals surface area contributed by atoms with E-state index in [4.69, 9.17) is 0 Å². The number of nitrogens with zero attached hydrogens (tertiary/aromatic N) is 3. The summed E-state index contributed by atoms with van der Waals surface area (Å²) in [5.41, 5.74) is 3.87. The molecule has 1 saturated heterocycles. The maximum atomic E-state index is 12.9. The zero-order valence-corrected chi connectivity index (χ0v) is 16.7. The summed E-state index contributed by atoms with van der Waals surface area (Å²) in [6, 6.07) is 20.2. The van der Waals surface area contributed by atoms with Crippen LogP contribution in [0.15, 0.2) is 66.9 Å². The molecule has 0 aliphatic carbocycles. The van der Waals surface area contributed by atoms with Crippen LogP contribution in [0.1, 0.15) is 34.5 Å². The molecule has 2 aromatic carbocycles. The SMILES string of the molecule is Cc1ccccc1Nc1nccc(C(=O)N2CCC(Cc3ccccc3)CC2)n1. The number of hydrogen-bond acceptors (Lipinski definition) is 4. The fourth-order valence-corrected chi connectivity index (χ4v) is 3.82. The minimum absolute atomic E-state index is 0.0154. The Morgan fingerprint density at radius 1 is 1.03 bits per heavy atom. The standard InChI is InChI=1S/C24H26N4O/c1-18-7-5-6-10-21(18)26-24-25-14-11-22(27-24)23(29)28-15-12-20(13-16-28)17-19-8-3-2-4-9-19/h2-11,14,20H,12-13,15-17H2,1H3,(H,25,26,27). The summed E-state index contributed by atoms with van der Waals surface area (Å²) < 4.78 is 0. The number of aryl methyl sites for hydroxylation is 1. The van der Waals surface area contributed by atoms with Gasteiger partial charge in [-0.1, -0.05) is 48.5 Å². The van der Waals surface area contributed by atoms with Crippen molar-refractivity contribution in [2.24, 2.45) is 5.92 Å². The molecule has 0 atom stereocenters. The average molecular weight is 386 g/mol. The highest BCUT2D eigenvalue weighted by molar-refractivity contribution is 5.92. The molecule has 2 heterocycles. The molecule has 3 aromatic rings. The van der Waals surface area contributed by atoms with Crippen molar-refractivity contribution < 1.29 is 4.79 Å². The number of hydrogen-bond donors (Lipinski definition) is 1. The molecule has 1 amide bonds. The number of rotatable bonds is 5. The van der Waals surface area contributed by atoms with Gasteiger partial charge in [-0.15, -0.1) is 0 Å². The van der Waals surface area contributed by atoms with E-state index < -0.39 is 0 Å². The highest BCUT2D eigenvalue weighted by Gasteiger charge is 2.24. The smallest absolute Gasteiger partial charge is 0.272 e. The highest BCUT2D eigenvalue weighted by atomic mass is 16.2. The molecule has 4 rings (SSSR count). The summed E-state index contributed by atoms with van der Waals surface area (Å²) >= 11 is 0. The number of piperidine rings is 1. The fraction of sp³-hybridized carbons (Fsp3) is 0.292. The lowest BCUT2D eigenvalue weighted by Crippen LogP contribution is -2.39. The van der Waals surface area contributed by atoms with Crippen LogP contribution < -0.4 is 5.32 Å². The molecule has 1 aliphatic heterocycles. The molecule has 0 bridgehead atoms. The molecular weight excluding hydrogens is 360 g/mol. The second kappa shape index (κ2) is 8.86. The molecule has 1 N–H and O–H groups in total. The van der Waals surface area contributed by atoms with Crippen LogP contribution in [0.25, 0.3) is 0 Å². The lowest BCUT2D eigenvalue weighted by Gasteiger charge is -2.32. The third-order valence-electron chi connectivity index (χ3n) is 5.54. The number of carbonyl (C=O) groups excluding carboxylic acids is 1. The van der Waals surface area contributed by atoms with Gasteiger partial charge in [0.15, 0.2) is 0 Å². The molecule has 5 heteroatoms. The number of amides is 1. The Labute approximate surface area is 171 Å². The quantitative estimate of drug-likeness (QED) is 0.695. The van der Waals surface area contributed by atoms with Gasteiger partial charge in [0.1, 0.15) is 5.69 Å². The Morgan fingerprint density at radius 2 is 1.76 bits per heavy atom. The van der Waals surface area contributed by atoms with Gasteiger partial charge in [0, 0.05) is 25.0 Å². The van der Waals surface area contributed by atoms with Gasteiger partial charge in [0.05, 0.1) is 0 Å². The summed E-state index contributed by atoms with van der Waals surface area (Å²) in [7, 11) is 0. The number of aromatic nitrogens is 2. The van der Waals surface area contributed by atoms with Gasteiger partial charge < -0.3 is 10.2 Å². The van der Waals surface area contributed by atoms with Gasteiger partial charge in [-0.3, -0.25) is 4.79 Å². The summed E-state index contributed by atoms with van der Waals surface area (Å²) in [6.45, 7) is 3.58. The topological polar surface area (TPSA) is 58.1 Å². The maximum absolute atomic E-state index is 12.9. The van der Waals surface area contributed by atoms with Gasteiger partial charge >= 0.3 is 0 Å². The van der Waals surface area contributed by atoms with Crippen molar-refractivity contribution in [2.45, 2.75) is 26.2 Å². The first-order chi connectivity index (χ1) is 14.2. The van der Waals surface area contributed by atoms with E-state index in [1.807, 2.05) is 36.1 Å². The number of nitrogens with one attached hydrogen (secondary N) is 1. The molecule has 1 fully saturated rings. The van der Waals surface area contributed by atoms with Crippen molar-refractivity contribution in [1.82, 2.24) is 14.9 Å². The minimum Gasteiger partial charge on any atom is -0.337 e. The molecule has 1 aliphatic rings. The molecule has 0 radical (unpaired) electrons. The van der Waals surface area contributed by atoms with Crippen LogP contribution in [0.2, 0.25) is 0 Å². The first-order valence-corrected chi connectivity index (χ1v) is 10.2. The molecule has 29 heavy (non-hydrogen) atoms. The summed E-state index contributed by atoms with van der Waals surface area (Å²) in [4.78, 5) is 23.6. The van der Waals surface area contributed by atoms with Gasteiger partial charge in [0.2, 0.25) is 5.95 Å². The molecule has 5 nitrogen and oxygen atoms in total. The van der Waals surface area contributed by atoms with Crippen molar-refractivity contribution in [2.75, 3.05) is 18.4 Å². The number of benzene rings is 2. The first kappa shape index (κ1) is 19.1. The van der Waals surface area contributed by atoms with Crippen molar-refractivity contribution in [3.8, 4) is 0 Å². The monoisotopic (exact) mass is 386 g/mol. The van der Waals surface area contributed by atoms with Crippen molar-refractivity contribution >= 4 is 17.5 Å². The second-order valence-corrected chi connectivity index (χ2v) is 7.63. The molecular formula is C24H26N4O. The zero-order chi connectivity index (χ0) is 20.1. The largest absolute Gasteiger partial charge is 0.337 e. The predicted octanol–water partition coefficient (Wildman–Crippen LogP) is 4.62. The minimum atomic E-state index is -0.0154. The van der Waals surface area contributed by atoms with Gasteiger partial charge in [-0.2, -0.15) is 0 Å². The Hall–Kier alpha value is -3.21. The van der Waals surface area contributed by atoms with Gasteiger partial charge in [-0.25, -0.2) is 9.97 Å². The van der Waals surface area contributed by atoms with E-state index in [1.54, 1.807) is 12.3 Å². The number of anilines is 2. The van der Waals surface area contributed by atoms with Crippen LogP contribution in [-0.4, -0.2) is 33.9 Å².